The first-order valence-electron chi connectivity index (χ1n) is 14.9. The Bertz CT molecular complexity index is 2540. The SMILES string of the molecule is c1ccc(-c2nc(-c3ccc4sc5c(-c6nc(-c7ccccc7)nc7ccccc67)cccc5c4c3)c3ccccc3n2)cc1. The van der Waals surface area contributed by atoms with Gasteiger partial charge in [0.1, 0.15) is 0 Å². The molecule has 5 heteroatoms. The van der Waals surface area contributed by atoms with Crippen molar-refractivity contribution in [2.24, 2.45) is 0 Å². The summed E-state index contributed by atoms with van der Waals surface area (Å²) >= 11 is 1.81. The van der Waals surface area contributed by atoms with Crippen LogP contribution in [-0.4, -0.2) is 19.9 Å². The molecule has 0 aliphatic rings. The third kappa shape index (κ3) is 4.36. The second kappa shape index (κ2) is 10.4. The fourth-order valence-electron chi connectivity index (χ4n) is 6.14. The number of para-hydroxylation sites is 2. The third-order valence-corrected chi connectivity index (χ3v) is 9.52. The number of fused-ring (bicyclic) bond motifs is 5. The summed E-state index contributed by atoms with van der Waals surface area (Å²) in [5, 5.41) is 4.50. The zero-order valence-corrected chi connectivity index (χ0v) is 24.9. The highest BCUT2D eigenvalue weighted by Gasteiger charge is 2.18. The summed E-state index contributed by atoms with van der Waals surface area (Å²) in [4.78, 5) is 20.1. The molecule has 0 atom stereocenters. The number of aromatic nitrogens is 4. The molecule has 4 nitrogen and oxygen atoms in total. The van der Waals surface area contributed by atoms with Crippen molar-refractivity contribution in [2.75, 3.05) is 0 Å². The Morgan fingerprint density at radius 2 is 0.933 bits per heavy atom. The molecular weight excluding hydrogens is 569 g/mol. The molecule has 3 aromatic heterocycles. The van der Waals surface area contributed by atoms with Crippen molar-refractivity contribution in [2.45, 2.75) is 0 Å². The van der Waals surface area contributed by atoms with Crippen LogP contribution in [0, 0.1) is 0 Å². The van der Waals surface area contributed by atoms with Crippen LogP contribution in [0.2, 0.25) is 0 Å². The molecule has 0 bridgehead atoms. The average molecular weight is 593 g/mol. The Kier molecular flexibility index (Phi) is 5.96. The first kappa shape index (κ1) is 25.7. The molecule has 0 saturated heterocycles. The fraction of sp³-hybridized carbons (Fsp3) is 0. The van der Waals surface area contributed by atoms with E-state index in [4.69, 9.17) is 19.9 Å². The van der Waals surface area contributed by atoms with Crippen LogP contribution < -0.4 is 0 Å². The van der Waals surface area contributed by atoms with Gasteiger partial charge in [0, 0.05) is 53.2 Å². The van der Waals surface area contributed by atoms with E-state index in [1.54, 1.807) is 0 Å². The summed E-state index contributed by atoms with van der Waals surface area (Å²) in [5.74, 6) is 1.46. The van der Waals surface area contributed by atoms with Gasteiger partial charge < -0.3 is 0 Å². The van der Waals surface area contributed by atoms with Crippen molar-refractivity contribution in [3.63, 3.8) is 0 Å². The van der Waals surface area contributed by atoms with E-state index in [-0.39, 0.29) is 0 Å². The minimum Gasteiger partial charge on any atom is -0.228 e. The van der Waals surface area contributed by atoms with Crippen LogP contribution in [0.4, 0.5) is 0 Å². The summed E-state index contributed by atoms with van der Waals surface area (Å²) in [5.41, 5.74) is 7.95. The highest BCUT2D eigenvalue weighted by atomic mass is 32.1. The maximum Gasteiger partial charge on any atom is 0.160 e. The Morgan fingerprint density at radius 3 is 1.60 bits per heavy atom. The Balaban J connectivity index is 1.26. The van der Waals surface area contributed by atoms with Gasteiger partial charge in [0.15, 0.2) is 11.6 Å². The topological polar surface area (TPSA) is 51.6 Å². The van der Waals surface area contributed by atoms with E-state index in [1.807, 2.05) is 59.9 Å². The molecule has 9 rings (SSSR count). The molecule has 0 radical (unpaired) electrons. The molecule has 45 heavy (non-hydrogen) atoms. The number of rotatable bonds is 4. The molecule has 0 N–H and O–H groups in total. The van der Waals surface area contributed by atoms with Gasteiger partial charge in [-0.15, -0.1) is 11.3 Å². The van der Waals surface area contributed by atoms with E-state index in [9.17, 15) is 0 Å². The lowest BCUT2D eigenvalue weighted by molar-refractivity contribution is 1.23. The van der Waals surface area contributed by atoms with E-state index in [1.165, 1.54) is 20.2 Å². The molecule has 3 heterocycles. The van der Waals surface area contributed by atoms with Crippen LogP contribution in [0.1, 0.15) is 0 Å². The highest BCUT2D eigenvalue weighted by molar-refractivity contribution is 7.26. The Hall–Kier alpha value is -5.78. The lowest BCUT2D eigenvalue weighted by atomic mass is 10.0. The predicted molar refractivity (Wildman–Crippen MR) is 187 cm³/mol. The second-order valence-electron chi connectivity index (χ2n) is 11.1. The molecule has 0 fully saturated rings. The first-order chi connectivity index (χ1) is 22.3. The smallest absolute Gasteiger partial charge is 0.160 e. The van der Waals surface area contributed by atoms with Crippen molar-refractivity contribution in [3.05, 3.63) is 146 Å². The zero-order valence-electron chi connectivity index (χ0n) is 24.1. The molecule has 0 aliphatic heterocycles. The van der Waals surface area contributed by atoms with Crippen molar-refractivity contribution >= 4 is 53.3 Å². The largest absolute Gasteiger partial charge is 0.228 e. The van der Waals surface area contributed by atoms with Gasteiger partial charge in [0.25, 0.3) is 0 Å². The molecule has 6 aromatic carbocycles. The third-order valence-electron chi connectivity index (χ3n) is 8.30. The van der Waals surface area contributed by atoms with Crippen molar-refractivity contribution in [3.8, 4) is 45.3 Å². The van der Waals surface area contributed by atoms with Crippen LogP contribution in [0.15, 0.2) is 146 Å². The van der Waals surface area contributed by atoms with Gasteiger partial charge in [-0.2, -0.15) is 0 Å². The molecule has 0 spiro atoms. The van der Waals surface area contributed by atoms with E-state index in [2.05, 4.69) is 97.1 Å². The Labute approximate surface area is 263 Å². The zero-order chi connectivity index (χ0) is 29.7. The number of hydrogen-bond acceptors (Lipinski definition) is 5. The molecule has 9 aromatic rings. The Morgan fingerprint density at radius 1 is 0.378 bits per heavy atom. The average Bonchev–Trinajstić information content (AvgIpc) is 3.50. The van der Waals surface area contributed by atoms with Gasteiger partial charge in [-0.1, -0.05) is 121 Å². The number of nitrogens with zero attached hydrogens (tertiary/aromatic N) is 4. The number of hydrogen-bond donors (Lipinski definition) is 0. The van der Waals surface area contributed by atoms with Crippen LogP contribution >= 0.6 is 11.3 Å². The van der Waals surface area contributed by atoms with E-state index >= 15 is 0 Å². The molecule has 0 unspecified atom stereocenters. The van der Waals surface area contributed by atoms with Crippen LogP contribution in [0.25, 0.3) is 87.3 Å². The molecule has 0 aliphatic carbocycles. The van der Waals surface area contributed by atoms with Gasteiger partial charge in [0.2, 0.25) is 0 Å². The summed E-state index contributed by atoms with van der Waals surface area (Å²) < 4.78 is 2.44. The fourth-order valence-corrected chi connectivity index (χ4v) is 7.34. The highest BCUT2D eigenvalue weighted by Crippen LogP contribution is 2.43. The van der Waals surface area contributed by atoms with Gasteiger partial charge in [0.05, 0.1) is 22.4 Å². The quantitative estimate of drug-likeness (QED) is 0.204. The van der Waals surface area contributed by atoms with Gasteiger partial charge in [-0.05, 0) is 24.3 Å². The summed E-state index contributed by atoms with van der Waals surface area (Å²) in [7, 11) is 0. The van der Waals surface area contributed by atoms with Crippen LogP contribution in [0.5, 0.6) is 0 Å². The van der Waals surface area contributed by atoms with Gasteiger partial charge in [-0.3, -0.25) is 0 Å². The molecule has 210 valence electrons. The summed E-state index contributed by atoms with van der Waals surface area (Å²) in [6.45, 7) is 0. The lowest BCUT2D eigenvalue weighted by Crippen LogP contribution is -1.95. The molecule has 0 saturated carbocycles. The predicted octanol–water partition coefficient (Wildman–Crippen LogP) is 10.6. The van der Waals surface area contributed by atoms with Gasteiger partial charge in [-0.25, -0.2) is 19.9 Å². The monoisotopic (exact) mass is 592 g/mol. The summed E-state index contributed by atoms with van der Waals surface area (Å²) in [6, 6.07) is 50.2. The number of thiophene rings is 1. The van der Waals surface area contributed by atoms with E-state index < -0.39 is 0 Å². The van der Waals surface area contributed by atoms with E-state index in [0.29, 0.717) is 0 Å². The van der Waals surface area contributed by atoms with E-state index in [0.717, 1.165) is 67.1 Å². The second-order valence-corrected chi connectivity index (χ2v) is 12.1. The molecule has 0 amide bonds. The minimum atomic E-state index is 0.728. The maximum absolute atomic E-state index is 5.18. The van der Waals surface area contributed by atoms with Crippen molar-refractivity contribution in [1.29, 1.82) is 0 Å². The normalized spacial score (nSPS) is 11.6. The lowest BCUT2D eigenvalue weighted by Gasteiger charge is -2.10. The van der Waals surface area contributed by atoms with Crippen LogP contribution in [0.3, 0.4) is 0 Å². The van der Waals surface area contributed by atoms with Crippen LogP contribution in [-0.2, 0) is 0 Å². The molecular formula is C40H24N4S. The standard InChI is InChI=1S/C40H24N4S/c1-3-12-25(13-4-1)39-41-33-20-9-7-16-29(33)36(43-39)27-22-23-35-32(24-27)28-18-11-19-31(38(28)45-35)37-30-17-8-10-21-34(30)42-40(44-37)26-14-5-2-6-15-26/h1-24H. The summed E-state index contributed by atoms with van der Waals surface area (Å²) in [6.07, 6.45) is 0. The van der Waals surface area contributed by atoms with Crippen molar-refractivity contribution < 1.29 is 0 Å². The van der Waals surface area contributed by atoms with Gasteiger partial charge >= 0.3 is 0 Å². The number of benzene rings is 6. The van der Waals surface area contributed by atoms with Crippen molar-refractivity contribution in [1.82, 2.24) is 19.9 Å². The minimum absolute atomic E-state index is 0.728. The maximum atomic E-state index is 5.18. The first-order valence-corrected chi connectivity index (χ1v) is 15.7.